The Morgan fingerprint density at radius 3 is 2.91 bits per heavy atom. The summed E-state index contributed by atoms with van der Waals surface area (Å²) in [7, 11) is 0. The van der Waals surface area contributed by atoms with E-state index in [1.54, 1.807) is 22.7 Å². The van der Waals surface area contributed by atoms with Crippen LogP contribution in [0.25, 0.3) is 10.6 Å². The summed E-state index contributed by atoms with van der Waals surface area (Å²) in [4.78, 5) is 14.5. The van der Waals surface area contributed by atoms with E-state index in [0.29, 0.717) is 5.13 Å². The van der Waals surface area contributed by atoms with Gasteiger partial charge in [-0.1, -0.05) is 11.3 Å². The van der Waals surface area contributed by atoms with Gasteiger partial charge in [-0.05, 0) is 48.8 Å². The van der Waals surface area contributed by atoms with Crippen LogP contribution in [0.1, 0.15) is 33.0 Å². The highest BCUT2D eigenvalue weighted by Crippen LogP contribution is 2.31. The molecule has 1 N–H and O–H groups in total. The number of amides is 1. The van der Waals surface area contributed by atoms with Crippen LogP contribution in [0, 0.1) is 0 Å². The molecule has 3 aromatic rings. The maximum atomic E-state index is 12.4. The molecule has 4 nitrogen and oxygen atoms in total. The second kappa shape index (κ2) is 5.91. The second-order valence-electron chi connectivity index (χ2n) is 5.14. The topological polar surface area (TPSA) is 54.9 Å². The number of carbonyl (C=O) groups excluding carboxylic acids is 1. The minimum Gasteiger partial charge on any atom is -0.296 e. The number of rotatable bonds is 3. The number of carbonyl (C=O) groups is 1. The highest BCUT2D eigenvalue weighted by molar-refractivity contribution is 7.19. The van der Waals surface area contributed by atoms with E-state index in [9.17, 15) is 4.79 Å². The molecule has 0 aromatic carbocycles. The van der Waals surface area contributed by atoms with E-state index in [4.69, 9.17) is 0 Å². The first-order valence-electron chi connectivity index (χ1n) is 7.08. The molecule has 0 bridgehead atoms. The van der Waals surface area contributed by atoms with Crippen LogP contribution in [0.15, 0.2) is 22.9 Å². The van der Waals surface area contributed by atoms with Crippen LogP contribution in [-0.4, -0.2) is 16.1 Å². The smallest absolute Gasteiger partial charge is 0.267 e. The van der Waals surface area contributed by atoms with Crippen LogP contribution in [0.5, 0.6) is 0 Å². The van der Waals surface area contributed by atoms with Gasteiger partial charge in [0.25, 0.3) is 5.91 Å². The number of nitrogens with one attached hydrogen (secondary N) is 1. The zero-order valence-electron chi connectivity index (χ0n) is 11.7. The lowest BCUT2D eigenvalue weighted by Gasteiger charge is -2.08. The third-order valence-corrected chi connectivity index (χ3v) is 6.44. The van der Waals surface area contributed by atoms with E-state index in [-0.39, 0.29) is 5.91 Å². The maximum Gasteiger partial charge on any atom is 0.267 e. The van der Waals surface area contributed by atoms with Crippen LogP contribution < -0.4 is 5.32 Å². The number of aromatic nitrogens is 2. The van der Waals surface area contributed by atoms with Crippen molar-refractivity contribution in [3.63, 3.8) is 0 Å². The highest BCUT2D eigenvalue weighted by Gasteiger charge is 2.18. The summed E-state index contributed by atoms with van der Waals surface area (Å²) in [5.74, 6) is -0.0765. The van der Waals surface area contributed by atoms with Gasteiger partial charge in [0.2, 0.25) is 5.13 Å². The van der Waals surface area contributed by atoms with Crippen LogP contribution in [0.4, 0.5) is 5.13 Å². The Balaban J connectivity index is 1.51. The Bertz CT molecular complexity index is 780. The van der Waals surface area contributed by atoms with E-state index in [1.807, 2.05) is 22.9 Å². The fraction of sp³-hybridized carbons (Fsp3) is 0.267. The first-order chi connectivity index (χ1) is 10.8. The molecule has 0 saturated carbocycles. The third-order valence-electron chi connectivity index (χ3n) is 3.63. The SMILES string of the molecule is O=C(Nc1nnc(-c2ccsc2)s1)c1cc2c(s1)CCCC2. The molecule has 3 heterocycles. The monoisotopic (exact) mass is 347 g/mol. The molecule has 1 aliphatic rings. The summed E-state index contributed by atoms with van der Waals surface area (Å²) in [6.07, 6.45) is 4.66. The van der Waals surface area contributed by atoms with E-state index in [0.717, 1.165) is 28.3 Å². The summed E-state index contributed by atoms with van der Waals surface area (Å²) in [5, 5.41) is 16.5. The van der Waals surface area contributed by atoms with Crippen molar-refractivity contribution in [1.82, 2.24) is 10.2 Å². The number of nitrogens with zero attached hydrogens (tertiary/aromatic N) is 2. The predicted molar refractivity (Wildman–Crippen MR) is 92.1 cm³/mol. The van der Waals surface area contributed by atoms with Gasteiger partial charge < -0.3 is 0 Å². The van der Waals surface area contributed by atoms with Crippen molar-refractivity contribution in [3.8, 4) is 10.6 Å². The second-order valence-corrected chi connectivity index (χ2v) is 8.04. The quantitative estimate of drug-likeness (QED) is 0.761. The molecule has 0 saturated heterocycles. The van der Waals surface area contributed by atoms with E-state index >= 15 is 0 Å². The van der Waals surface area contributed by atoms with Crippen molar-refractivity contribution in [2.24, 2.45) is 0 Å². The average Bonchev–Trinajstić information content (AvgIpc) is 3.26. The fourth-order valence-corrected chi connectivity index (χ4v) is 5.14. The molecule has 3 aromatic heterocycles. The molecule has 0 fully saturated rings. The van der Waals surface area contributed by atoms with Crippen molar-refractivity contribution in [3.05, 3.63) is 38.2 Å². The van der Waals surface area contributed by atoms with Gasteiger partial charge in [-0.3, -0.25) is 10.1 Å². The van der Waals surface area contributed by atoms with Gasteiger partial charge in [0.05, 0.1) is 4.88 Å². The van der Waals surface area contributed by atoms with Gasteiger partial charge >= 0.3 is 0 Å². The Labute approximate surface area is 139 Å². The Morgan fingerprint density at radius 1 is 1.18 bits per heavy atom. The lowest BCUT2D eigenvalue weighted by Crippen LogP contribution is -2.09. The largest absolute Gasteiger partial charge is 0.296 e. The molecule has 22 heavy (non-hydrogen) atoms. The lowest BCUT2D eigenvalue weighted by atomic mass is 9.99. The summed E-state index contributed by atoms with van der Waals surface area (Å²) in [6.45, 7) is 0. The summed E-state index contributed by atoms with van der Waals surface area (Å²) < 4.78 is 0. The zero-order chi connectivity index (χ0) is 14.9. The molecular weight excluding hydrogens is 334 g/mol. The highest BCUT2D eigenvalue weighted by atomic mass is 32.1. The number of aryl methyl sites for hydroxylation is 2. The molecule has 0 atom stereocenters. The van der Waals surface area contributed by atoms with E-state index in [1.165, 1.54) is 34.6 Å². The summed E-state index contributed by atoms with van der Waals surface area (Å²) >= 11 is 4.64. The van der Waals surface area contributed by atoms with Crippen molar-refractivity contribution in [2.75, 3.05) is 5.32 Å². The van der Waals surface area contributed by atoms with Crippen LogP contribution in [-0.2, 0) is 12.8 Å². The molecular formula is C15H13N3OS3. The predicted octanol–water partition coefficient (Wildman–Crippen LogP) is 4.46. The Morgan fingerprint density at radius 2 is 2.09 bits per heavy atom. The molecule has 4 rings (SSSR count). The molecule has 0 aliphatic heterocycles. The van der Waals surface area contributed by atoms with Gasteiger partial charge in [-0.25, -0.2) is 0 Å². The number of anilines is 1. The van der Waals surface area contributed by atoms with Gasteiger partial charge in [0.1, 0.15) is 5.01 Å². The molecule has 7 heteroatoms. The third kappa shape index (κ3) is 2.71. The Kier molecular flexibility index (Phi) is 3.77. The van der Waals surface area contributed by atoms with Crippen molar-refractivity contribution < 1.29 is 4.79 Å². The molecule has 0 radical (unpaired) electrons. The minimum atomic E-state index is -0.0765. The molecule has 112 valence electrons. The van der Waals surface area contributed by atoms with Gasteiger partial charge in [-0.2, -0.15) is 11.3 Å². The molecule has 1 amide bonds. The Hall–Kier alpha value is -1.57. The average molecular weight is 347 g/mol. The van der Waals surface area contributed by atoms with Crippen LogP contribution in [0.2, 0.25) is 0 Å². The summed E-state index contributed by atoms with van der Waals surface area (Å²) in [5.41, 5.74) is 2.40. The van der Waals surface area contributed by atoms with Crippen molar-refractivity contribution >= 4 is 45.0 Å². The first-order valence-corrected chi connectivity index (χ1v) is 9.66. The molecule has 0 unspecified atom stereocenters. The van der Waals surface area contributed by atoms with Crippen LogP contribution >= 0.6 is 34.0 Å². The summed E-state index contributed by atoms with van der Waals surface area (Å²) in [6, 6.07) is 4.04. The normalized spacial score (nSPS) is 13.8. The maximum absolute atomic E-state index is 12.4. The van der Waals surface area contributed by atoms with Gasteiger partial charge in [0.15, 0.2) is 0 Å². The first kappa shape index (κ1) is 14.0. The number of hydrogen-bond donors (Lipinski definition) is 1. The van der Waals surface area contributed by atoms with Crippen molar-refractivity contribution in [1.29, 1.82) is 0 Å². The lowest BCUT2D eigenvalue weighted by molar-refractivity contribution is 0.103. The van der Waals surface area contributed by atoms with Crippen LogP contribution in [0.3, 0.4) is 0 Å². The molecule has 0 spiro atoms. The number of thiophene rings is 2. The van der Waals surface area contributed by atoms with E-state index < -0.39 is 0 Å². The number of hydrogen-bond acceptors (Lipinski definition) is 6. The molecule has 1 aliphatic carbocycles. The van der Waals surface area contributed by atoms with E-state index in [2.05, 4.69) is 15.5 Å². The van der Waals surface area contributed by atoms with Gasteiger partial charge in [0, 0.05) is 15.8 Å². The number of fused-ring (bicyclic) bond motifs is 1. The standard InChI is InChI=1S/C15H13N3OS3/c19-13(12-7-9-3-1-2-4-11(9)21-12)16-15-18-17-14(22-15)10-5-6-20-8-10/h5-8H,1-4H2,(H,16,18,19). The van der Waals surface area contributed by atoms with Crippen molar-refractivity contribution in [2.45, 2.75) is 25.7 Å². The fourth-order valence-electron chi connectivity index (χ4n) is 2.54. The zero-order valence-corrected chi connectivity index (χ0v) is 14.1. The van der Waals surface area contributed by atoms with Gasteiger partial charge in [-0.15, -0.1) is 21.5 Å². The minimum absolute atomic E-state index is 0.0765.